The highest BCUT2D eigenvalue weighted by Gasteiger charge is 2.08. The number of nitrogens with one attached hydrogen (secondary N) is 1. The molecule has 114 valence electrons. The number of allylic oxidation sites excluding steroid dienone is 2. The number of carbonyl (C=O) groups excluding carboxylic acids is 1. The first-order valence-electron chi connectivity index (χ1n) is 6.88. The van der Waals surface area contributed by atoms with Gasteiger partial charge < -0.3 is 10.1 Å². The summed E-state index contributed by atoms with van der Waals surface area (Å²) in [5, 5.41) is 11.7. The zero-order valence-electron chi connectivity index (χ0n) is 12.6. The lowest BCUT2D eigenvalue weighted by Gasteiger charge is -2.03. The van der Waals surface area contributed by atoms with Crippen molar-refractivity contribution < 1.29 is 9.53 Å². The molecular weight excluding hydrogens is 290 g/mol. The van der Waals surface area contributed by atoms with Crippen molar-refractivity contribution in [1.82, 2.24) is 4.98 Å². The van der Waals surface area contributed by atoms with Crippen molar-refractivity contribution in [2.75, 3.05) is 12.4 Å². The van der Waals surface area contributed by atoms with E-state index in [9.17, 15) is 4.79 Å². The molecular formula is C18H15N3O2. The molecule has 5 heteroatoms. The van der Waals surface area contributed by atoms with E-state index in [1.54, 1.807) is 43.7 Å². The number of nitriles is 1. The molecule has 1 N–H and O–H groups in total. The Kier molecular flexibility index (Phi) is 5.67. The third kappa shape index (κ3) is 4.55. The van der Waals surface area contributed by atoms with Crippen LogP contribution in [0.4, 0.5) is 5.82 Å². The second kappa shape index (κ2) is 8.15. The van der Waals surface area contributed by atoms with Gasteiger partial charge >= 0.3 is 0 Å². The molecule has 0 aliphatic carbocycles. The summed E-state index contributed by atoms with van der Waals surface area (Å²) in [6.45, 7) is 0. The van der Waals surface area contributed by atoms with Gasteiger partial charge in [-0.05, 0) is 24.3 Å². The third-order valence-corrected chi connectivity index (χ3v) is 2.95. The molecule has 0 saturated heterocycles. The molecule has 0 unspecified atom stereocenters. The van der Waals surface area contributed by atoms with Gasteiger partial charge in [-0.2, -0.15) is 5.26 Å². The highest BCUT2D eigenvalue weighted by Crippen LogP contribution is 2.18. The quantitative estimate of drug-likeness (QED) is 0.523. The first-order chi connectivity index (χ1) is 11.2. The fraction of sp³-hybridized carbons (Fsp3) is 0.0556. The van der Waals surface area contributed by atoms with E-state index in [2.05, 4.69) is 10.3 Å². The molecule has 2 aromatic rings. The van der Waals surface area contributed by atoms with Crippen LogP contribution in [0.5, 0.6) is 5.75 Å². The van der Waals surface area contributed by atoms with E-state index in [-0.39, 0.29) is 5.57 Å². The molecule has 23 heavy (non-hydrogen) atoms. The first-order valence-corrected chi connectivity index (χ1v) is 6.88. The number of anilines is 1. The molecule has 0 fully saturated rings. The number of pyridine rings is 1. The van der Waals surface area contributed by atoms with E-state index < -0.39 is 5.91 Å². The summed E-state index contributed by atoms with van der Waals surface area (Å²) in [5.41, 5.74) is 0.843. The second-order valence-corrected chi connectivity index (χ2v) is 4.46. The Morgan fingerprint density at radius 3 is 2.74 bits per heavy atom. The normalized spacial score (nSPS) is 11.0. The topological polar surface area (TPSA) is 75.0 Å². The van der Waals surface area contributed by atoms with E-state index in [0.717, 1.165) is 5.56 Å². The minimum absolute atomic E-state index is 0.0122. The summed E-state index contributed by atoms with van der Waals surface area (Å²) in [6, 6.07) is 14.5. The van der Waals surface area contributed by atoms with Crippen molar-refractivity contribution in [2.45, 2.75) is 0 Å². The van der Waals surface area contributed by atoms with Crippen LogP contribution >= 0.6 is 0 Å². The maximum atomic E-state index is 12.0. The second-order valence-electron chi connectivity index (χ2n) is 4.46. The Morgan fingerprint density at radius 2 is 2.04 bits per heavy atom. The standard InChI is InChI=1S/C18H15N3O2/c1-23-16-10-3-2-7-14(16)8-6-9-15(13-19)18(22)21-17-11-4-5-12-20-17/h2-12H,1H3,(H,20,21,22)/b8-6+,15-9+. The predicted octanol–water partition coefficient (Wildman–Crippen LogP) is 3.19. The molecule has 0 saturated carbocycles. The van der Waals surface area contributed by atoms with Crippen LogP contribution in [0.3, 0.4) is 0 Å². The maximum Gasteiger partial charge on any atom is 0.267 e. The molecule has 0 bridgehead atoms. The Hall–Kier alpha value is -3.39. The predicted molar refractivity (Wildman–Crippen MR) is 88.6 cm³/mol. The summed E-state index contributed by atoms with van der Waals surface area (Å²) >= 11 is 0. The van der Waals surface area contributed by atoms with Gasteiger partial charge in [0.05, 0.1) is 7.11 Å². The van der Waals surface area contributed by atoms with Crippen molar-refractivity contribution >= 4 is 17.8 Å². The number of aromatic nitrogens is 1. The number of hydrogen-bond donors (Lipinski definition) is 1. The van der Waals surface area contributed by atoms with Gasteiger partial charge in [-0.3, -0.25) is 4.79 Å². The molecule has 1 amide bonds. The number of nitrogens with zero attached hydrogens (tertiary/aromatic N) is 2. The number of benzene rings is 1. The van der Waals surface area contributed by atoms with Crippen LogP contribution in [0.25, 0.3) is 6.08 Å². The molecule has 0 spiro atoms. The van der Waals surface area contributed by atoms with E-state index in [0.29, 0.717) is 11.6 Å². The van der Waals surface area contributed by atoms with Gasteiger partial charge in [0, 0.05) is 11.8 Å². The molecule has 2 rings (SSSR count). The van der Waals surface area contributed by atoms with Gasteiger partial charge in [-0.15, -0.1) is 0 Å². The van der Waals surface area contributed by atoms with Crippen molar-refractivity contribution in [3.05, 3.63) is 72.0 Å². The Bertz CT molecular complexity index is 774. The maximum absolute atomic E-state index is 12.0. The summed E-state index contributed by atoms with van der Waals surface area (Å²) < 4.78 is 5.23. The molecule has 1 aromatic carbocycles. The Morgan fingerprint density at radius 1 is 1.26 bits per heavy atom. The van der Waals surface area contributed by atoms with Gasteiger partial charge in [-0.1, -0.05) is 36.4 Å². The average Bonchev–Trinajstić information content (AvgIpc) is 2.60. The number of hydrogen-bond acceptors (Lipinski definition) is 4. The summed E-state index contributed by atoms with van der Waals surface area (Å²) in [7, 11) is 1.59. The third-order valence-electron chi connectivity index (χ3n) is 2.95. The minimum Gasteiger partial charge on any atom is -0.496 e. The van der Waals surface area contributed by atoms with Crippen LogP contribution in [0, 0.1) is 11.3 Å². The smallest absolute Gasteiger partial charge is 0.267 e. The van der Waals surface area contributed by atoms with Gasteiger partial charge in [0.1, 0.15) is 23.2 Å². The minimum atomic E-state index is -0.504. The molecule has 0 aliphatic rings. The molecule has 0 radical (unpaired) electrons. The molecule has 5 nitrogen and oxygen atoms in total. The van der Waals surface area contributed by atoms with Crippen molar-refractivity contribution in [1.29, 1.82) is 5.26 Å². The van der Waals surface area contributed by atoms with Crippen molar-refractivity contribution in [3.8, 4) is 11.8 Å². The Balaban J connectivity index is 2.11. The summed E-state index contributed by atoms with van der Waals surface area (Å²) in [5.74, 6) is 0.608. The molecule has 0 aliphatic heterocycles. The summed E-state index contributed by atoms with van der Waals surface area (Å²) in [4.78, 5) is 16.0. The SMILES string of the molecule is COc1ccccc1/C=C/C=C(\C#N)C(=O)Nc1ccccn1. The van der Waals surface area contributed by atoms with E-state index >= 15 is 0 Å². The fourth-order valence-electron chi connectivity index (χ4n) is 1.84. The number of para-hydroxylation sites is 1. The number of ether oxygens (including phenoxy) is 1. The molecule has 1 heterocycles. The molecule has 1 aromatic heterocycles. The fourth-order valence-corrected chi connectivity index (χ4v) is 1.84. The lowest BCUT2D eigenvalue weighted by Crippen LogP contribution is -2.14. The van der Waals surface area contributed by atoms with Crippen LogP contribution in [0.15, 0.2) is 66.4 Å². The lowest BCUT2D eigenvalue weighted by atomic mass is 10.1. The van der Waals surface area contributed by atoms with Crippen LogP contribution in [-0.4, -0.2) is 18.0 Å². The van der Waals surface area contributed by atoms with Crippen LogP contribution in [0.1, 0.15) is 5.56 Å². The highest BCUT2D eigenvalue weighted by molar-refractivity contribution is 6.06. The molecule has 0 atom stereocenters. The van der Waals surface area contributed by atoms with Crippen molar-refractivity contribution in [2.24, 2.45) is 0 Å². The number of amides is 1. The van der Waals surface area contributed by atoms with E-state index in [1.807, 2.05) is 30.3 Å². The van der Waals surface area contributed by atoms with Crippen molar-refractivity contribution in [3.63, 3.8) is 0 Å². The first kappa shape index (κ1) is 16.0. The average molecular weight is 305 g/mol. The van der Waals surface area contributed by atoms with Crippen LogP contribution in [-0.2, 0) is 4.79 Å². The lowest BCUT2D eigenvalue weighted by molar-refractivity contribution is -0.112. The zero-order valence-corrected chi connectivity index (χ0v) is 12.6. The number of methoxy groups -OCH3 is 1. The largest absolute Gasteiger partial charge is 0.496 e. The van der Waals surface area contributed by atoms with Crippen LogP contribution in [0.2, 0.25) is 0 Å². The number of rotatable bonds is 5. The van der Waals surface area contributed by atoms with Gasteiger partial charge in [0.2, 0.25) is 0 Å². The number of carbonyl (C=O) groups is 1. The van der Waals surface area contributed by atoms with E-state index in [4.69, 9.17) is 10.00 Å². The van der Waals surface area contributed by atoms with Gasteiger partial charge in [0.25, 0.3) is 5.91 Å². The zero-order chi connectivity index (χ0) is 16.5. The van der Waals surface area contributed by atoms with E-state index in [1.165, 1.54) is 6.08 Å². The highest BCUT2D eigenvalue weighted by atomic mass is 16.5. The van der Waals surface area contributed by atoms with Gasteiger partial charge in [-0.25, -0.2) is 4.98 Å². The van der Waals surface area contributed by atoms with Gasteiger partial charge in [0.15, 0.2) is 0 Å². The Labute approximate surface area is 134 Å². The monoisotopic (exact) mass is 305 g/mol. The summed E-state index contributed by atoms with van der Waals surface area (Å²) in [6.07, 6.45) is 6.41. The van der Waals surface area contributed by atoms with Crippen LogP contribution < -0.4 is 10.1 Å².